The molecule has 1 aromatic carbocycles. The van der Waals surface area contributed by atoms with Crippen molar-refractivity contribution in [2.24, 2.45) is 11.1 Å². The molecule has 1 atom stereocenters. The van der Waals surface area contributed by atoms with Crippen molar-refractivity contribution < 1.29 is 14.3 Å². The molecule has 5 nitrogen and oxygen atoms in total. The average molecular weight is 292 g/mol. The van der Waals surface area contributed by atoms with E-state index in [9.17, 15) is 9.59 Å². The Labute approximate surface area is 125 Å². The summed E-state index contributed by atoms with van der Waals surface area (Å²) in [6.07, 6.45) is -0.0658. The molecule has 0 saturated carbocycles. The van der Waals surface area contributed by atoms with Crippen LogP contribution in [0.25, 0.3) is 0 Å². The van der Waals surface area contributed by atoms with Crippen LogP contribution >= 0.6 is 0 Å². The van der Waals surface area contributed by atoms with Crippen molar-refractivity contribution in [1.29, 1.82) is 0 Å². The molecule has 21 heavy (non-hydrogen) atoms. The molecule has 0 unspecified atom stereocenters. The number of benzene rings is 1. The van der Waals surface area contributed by atoms with Crippen molar-refractivity contribution >= 4 is 11.9 Å². The summed E-state index contributed by atoms with van der Waals surface area (Å²) in [6.45, 7) is 6.75. The van der Waals surface area contributed by atoms with E-state index in [2.05, 4.69) is 5.32 Å². The molecule has 5 heteroatoms. The first-order valence-electron chi connectivity index (χ1n) is 7.01. The van der Waals surface area contributed by atoms with Crippen molar-refractivity contribution in [1.82, 2.24) is 5.32 Å². The molecule has 0 aliphatic rings. The summed E-state index contributed by atoms with van der Waals surface area (Å²) in [5, 5.41) is 2.76. The smallest absolute Gasteiger partial charge is 0.323 e. The number of rotatable bonds is 6. The van der Waals surface area contributed by atoms with Crippen LogP contribution in [0, 0.1) is 5.41 Å². The molecule has 3 N–H and O–H groups in total. The minimum absolute atomic E-state index is 0.00638. The van der Waals surface area contributed by atoms with Crippen LogP contribution in [0.5, 0.6) is 0 Å². The Morgan fingerprint density at radius 2 is 1.86 bits per heavy atom. The summed E-state index contributed by atoms with van der Waals surface area (Å²) in [5.41, 5.74) is 6.56. The lowest BCUT2D eigenvalue weighted by atomic mass is 9.97. The fourth-order valence-corrected chi connectivity index (χ4v) is 1.55. The van der Waals surface area contributed by atoms with Crippen LogP contribution in [-0.4, -0.2) is 24.5 Å². The Kier molecular flexibility index (Phi) is 6.37. The van der Waals surface area contributed by atoms with Gasteiger partial charge in [-0.1, -0.05) is 51.1 Å². The van der Waals surface area contributed by atoms with Crippen LogP contribution in [0.2, 0.25) is 0 Å². The van der Waals surface area contributed by atoms with Gasteiger partial charge in [0.1, 0.15) is 12.6 Å². The molecule has 0 fully saturated rings. The van der Waals surface area contributed by atoms with E-state index in [0.29, 0.717) is 6.54 Å². The molecular weight excluding hydrogens is 268 g/mol. The summed E-state index contributed by atoms with van der Waals surface area (Å²) >= 11 is 0. The average Bonchev–Trinajstić information content (AvgIpc) is 2.43. The van der Waals surface area contributed by atoms with E-state index in [1.54, 1.807) is 0 Å². The van der Waals surface area contributed by atoms with E-state index < -0.39 is 12.0 Å². The highest BCUT2D eigenvalue weighted by molar-refractivity contribution is 5.85. The van der Waals surface area contributed by atoms with Gasteiger partial charge in [-0.25, -0.2) is 0 Å². The number of amides is 1. The van der Waals surface area contributed by atoms with E-state index in [1.165, 1.54) is 0 Å². The van der Waals surface area contributed by atoms with Gasteiger partial charge in [0.15, 0.2) is 0 Å². The number of hydrogen-bond donors (Lipinski definition) is 2. The van der Waals surface area contributed by atoms with Gasteiger partial charge in [-0.3, -0.25) is 9.59 Å². The number of nitrogens with two attached hydrogens (primary N) is 1. The molecule has 0 heterocycles. The zero-order valence-corrected chi connectivity index (χ0v) is 12.9. The third-order valence-electron chi connectivity index (χ3n) is 2.75. The van der Waals surface area contributed by atoms with Crippen LogP contribution in [0.4, 0.5) is 0 Å². The first-order chi connectivity index (χ1) is 9.78. The van der Waals surface area contributed by atoms with E-state index in [4.69, 9.17) is 10.5 Å². The Hall–Kier alpha value is -1.88. The molecule has 0 spiro atoms. The predicted octanol–water partition coefficient (Wildman–Crippen LogP) is 1.61. The Bertz CT molecular complexity index is 466. The zero-order chi connectivity index (χ0) is 15.9. The molecule has 1 rings (SSSR count). The topological polar surface area (TPSA) is 81.4 Å². The lowest BCUT2D eigenvalue weighted by Gasteiger charge is -2.19. The third kappa shape index (κ3) is 7.46. The number of carbonyl (C=O) groups is 2. The lowest BCUT2D eigenvalue weighted by molar-refractivity contribution is -0.148. The van der Waals surface area contributed by atoms with Gasteiger partial charge < -0.3 is 15.8 Å². The minimum atomic E-state index is -0.936. The Balaban J connectivity index is 2.32. The van der Waals surface area contributed by atoms with Gasteiger partial charge in [0.05, 0.1) is 6.42 Å². The summed E-state index contributed by atoms with van der Waals surface area (Å²) in [4.78, 5) is 23.4. The fourth-order valence-electron chi connectivity index (χ4n) is 1.55. The molecule has 0 radical (unpaired) electrons. The first-order valence-corrected chi connectivity index (χ1v) is 7.01. The largest absolute Gasteiger partial charge is 0.460 e. The Morgan fingerprint density at radius 3 is 2.43 bits per heavy atom. The molecule has 0 aliphatic carbocycles. The number of carbonyl (C=O) groups excluding carboxylic acids is 2. The highest BCUT2D eigenvalue weighted by atomic mass is 16.5. The quantitative estimate of drug-likeness (QED) is 0.780. The van der Waals surface area contributed by atoms with E-state index in [-0.39, 0.29) is 24.3 Å². The van der Waals surface area contributed by atoms with E-state index >= 15 is 0 Å². The van der Waals surface area contributed by atoms with Gasteiger partial charge in [-0.15, -0.1) is 0 Å². The molecule has 0 aliphatic heterocycles. The second kappa shape index (κ2) is 7.78. The molecule has 0 aromatic heterocycles. The van der Waals surface area contributed by atoms with Crippen LogP contribution in [0.15, 0.2) is 30.3 Å². The van der Waals surface area contributed by atoms with Gasteiger partial charge in [0.2, 0.25) is 5.91 Å². The summed E-state index contributed by atoms with van der Waals surface area (Å²) in [7, 11) is 0. The number of esters is 1. The van der Waals surface area contributed by atoms with Crippen molar-refractivity contribution in [3.8, 4) is 0 Å². The van der Waals surface area contributed by atoms with Crippen LogP contribution in [0.3, 0.4) is 0 Å². The van der Waals surface area contributed by atoms with Crippen LogP contribution in [0.1, 0.15) is 32.8 Å². The normalized spacial score (nSPS) is 12.6. The summed E-state index contributed by atoms with van der Waals surface area (Å²) in [6, 6.07) is 8.39. The maximum absolute atomic E-state index is 11.7. The van der Waals surface area contributed by atoms with Crippen LogP contribution < -0.4 is 11.1 Å². The molecule has 0 saturated heterocycles. The lowest BCUT2D eigenvalue weighted by Crippen LogP contribution is -2.40. The van der Waals surface area contributed by atoms with Crippen LogP contribution in [-0.2, 0) is 20.9 Å². The Morgan fingerprint density at radius 1 is 1.24 bits per heavy atom. The number of nitrogens with one attached hydrogen (secondary N) is 1. The molecule has 1 amide bonds. The molecule has 116 valence electrons. The van der Waals surface area contributed by atoms with Gasteiger partial charge >= 0.3 is 5.97 Å². The maximum atomic E-state index is 11.7. The summed E-state index contributed by atoms with van der Waals surface area (Å²) < 4.78 is 5.09. The van der Waals surface area contributed by atoms with Gasteiger partial charge in [0, 0.05) is 6.54 Å². The second-order valence-electron chi connectivity index (χ2n) is 6.24. The first kappa shape index (κ1) is 17.2. The van der Waals surface area contributed by atoms with Gasteiger partial charge in [-0.2, -0.15) is 0 Å². The number of ether oxygens (including phenoxy) is 1. The van der Waals surface area contributed by atoms with Crippen molar-refractivity contribution in [2.45, 2.75) is 39.8 Å². The monoisotopic (exact) mass is 292 g/mol. The third-order valence-corrected chi connectivity index (χ3v) is 2.75. The predicted molar refractivity (Wildman–Crippen MR) is 81.3 cm³/mol. The highest BCUT2D eigenvalue weighted by Crippen LogP contribution is 2.10. The van der Waals surface area contributed by atoms with E-state index in [0.717, 1.165) is 5.56 Å². The molecule has 0 bridgehead atoms. The van der Waals surface area contributed by atoms with Crippen molar-refractivity contribution in [3.05, 3.63) is 35.9 Å². The van der Waals surface area contributed by atoms with E-state index in [1.807, 2.05) is 51.1 Å². The molecular formula is C16H24N2O3. The minimum Gasteiger partial charge on any atom is -0.460 e. The highest BCUT2D eigenvalue weighted by Gasteiger charge is 2.20. The fraction of sp³-hybridized carbons (Fsp3) is 0.500. The standard InChI is InChI=1S/C16H24N2O3/c1-16(2,3)11-18-14(19)9-13(17)15(20)21-10-12-7-5-4-6-8-12/h4-8,13H,9-11,17H2,1-3H3,(H,18,19)/t13-/m0/s1. The summed E-state index contributed by atoms with van der Waals surface area (Å²) in [5.74, 6) is -0.807. The number of hydrogen-bond acceptors (Lipinski definition) is 4. The maximum Gasteiger partial charge on any atom is 0.323 e. The van der Waals surface area contributed by atoms with Gasteiger partial charge in [0.25, 0.3) is 0 Å². The van der Waals surface area contributed by atoms with Crippen molar-refractivity contribution in [3.63, 3.8) is 0 Å². The molecule has 1 aromatic rings. The SMILES string of the molecule is CC(C)(C)CNC(=O)C[C@H](N)C(=O)OCc1ccccc1. The van der Waals surface area contributed by atoms with Gasteiger partial charge in [-0.05, 0) is 11.0 Å². The zero-order valence-electron chi connectivity index (χ0n) is 12.9. The van der Waals surface area contributed by atoms with Crippen molar-refractivity contribution in [2.75, 3.05) is 6.54 Å². The second-order valence-corrected chi connectivity index (χ2v) is 6.24.